The second kappa shape index (κ2) is 9.53. The van der Waals surface area contributed by atoms with Gasteiger partial charge in [0.1, 0.15) is 18.4 Å². The fourth-order valence-electron chi connectivity index (χ4n) is 2.13. The molecule has 1 unspecified atom stereocenters. The summed E-state index contributed by atoms with van der Waals surface area (Å²) in [7, 11) is 0. The first-order valence-corrected chi connectivity index (χ1v) is 8.31. The number of esters is 1. The van der Waals surface area contributed by atoms with E-state index < -0.39 is 30.1 Å². The van der Waals surface area contributed by atoms with Crippen molar-refractivity contribution in [2.45, 2.75) is 32.0 Å². The molecule has 1 heterocycles. The molecule has 0 aliphatic carbocycles. The van der Waals surface area contributed by atoms with Gasteiger partial charge >= 0.3 is 5.97 Å². The molecule has 7 heteroatoms. The maximum absolute atomic E-state index is 12.1. The average molecular weight is 357 g/mol. The molecule has 0 fully saturated rings. The summed E-state index contributed by atoms with van der Waals surface area (Å²) in [6.45, 7) is 3.08. The van der Waals surface area contributed by atoms with Crippen LogP contribution in [0.4, 0.5) is 0 Å². The van der Waals surface area contributed by atoms with Crippen molar-refractivity contribution in [1.29, 1.82) is 0 Å². The van der Waals surface area contributed by atoms with Crippen molar-refractivity contribution >= 4 is 11.9 Å². The molecule has 0 radical (unpaired) electrons. The number of nitrogens with one attached hydrogen (secondary N) is 1. The topological polar surface area (TPSA) is 104 Å². The van der Waals surface area contributed by atoms with Gasteiger partial charge in [0, 0.05) is 12.4 Å². The predicted octanol–water partition coefficient (Wildman–Crippen LogP) is 1.60. The van der Waals surface area contributed by atoms with Gasteiger partial charge in [-0.15, -0.1) is 0 Å². The molecule has 0 bridgehead atoms. The van der Waals surface area contributed by atoms with Crippen LogP contribution < -0.4 is 15.8 Å². The van der Waals surface area contributed by atoms with Crippen LogP contribution in [0.15, 0.2) is 54.9 Å². The van der Waals surface area contributed by atoms with E-state index in [1.54, 1.807) is 38.4 Å². The number of ether oxygens (including phenoxy) is 2. The van der Waals surface area contributed by atoms with Crippen LogP contribution in [-0.2, 0) is 14.3 Å². The van der Waals surface area contributed by atoms with Gasteiger partial charge in [-0.2, -0.15) is 0 Å². The molecule has 0 saturated heterocycles. The fraction of sp³-hybridized carbons (Fsp3) is 0.316. The lowest BCUT2D eigenvalue weighted by Crippen LogP contribution is -2.46. The van der Waals surface area contributed by atoms with E-state index in [9.17, 15) is 9.59 Å². The number of nitrogens with two attached hydrogens (primary N) is 1. The minimum atomic E-state index is -0.802. The minimum Gasteiger partial charge on any atom is -0.482 e. The highest BCUT2D eigenvalue weighted by molar-refractivity contribution is 5.86. The Hall–Kier alpha value is -2.93. The molecule has 2 rings (SSSR count). The Kier molecular flexibility index (Phi) is 7.11. The number of rotatable bonds is 8. The molecule has 138 valence electrons. The lowest BCUT2D eigenvalue weighted by atomic mass is 10.1. The van der Waals surface area contributed by atoms with Gasteiger partial charge in [0.15, 0.2) is 6.10 Å². The monoisotopic (exact) mass is 357 g/mol. The van der Waals surface area contributed by atoms with Gasteiger partial charge < -0.3 is 20.5 Å². The predicted molar refractivity (Wildman–Crippen MR) is 96.3 cm³/mol. The lowest BCUT2D eigenvalue weighted by molar-refractivity contribution is -0.149. The summed E-state index contributed by atoms with van der Waals surface area (Å²) in [6.07, 6.45) is 2.79. The molecule has 0 aliphatic rings. The zero-order valence-electron chi connectivity index (χ0n) is 14.8. The summed E-state index contributed by atoms with van der Waals surface area (Å²) < 4.78 is 11.3. The van der Waals surface area contributed by atoms with Crippen LogP contribution in [0.2, 0.25) is 0 Å². The largest absolute Gasteiger partial charge is 0.482 e. The highest BCUT2D eigenvalue weighted by atomic mass is 16.6. The Bertz CT molecular complexity index is 707. The maximum Gasteiger partial charge on any atom is 0.328 e. The van der Waals surface area contributed by atoms with Gasteiger partial charge in [0.05, 0.1) is 6.04 Å². The Balaban J connectivity index is 2.00. The SMILES string of the molecule is C[C@H](N)C(=O)N[C@@H](C)C(=O)OCC(Oc1ccccc1)c1ccncc1. The van der Waals surface area contributed by atoms with E-state index in [4.69, 9.17) is 15.2 Å². The molecule has 3 atom stereocenters. The summed E-state index contributed by atoms with van der Waals surface area (Å²) in [6, 6.07) is 11.3. The molecule has 7 nitrogen and oxygen atoms in total. The molecule has 0 saturated carbocycles. The van der Waals surface area contributed by atoms with Gasteiger partial charge in [-0.1, -0.05) is 18.2 Å². The molecule has 0 aliphatic heterocycles. The molecule has 26 heavy (non-hydrogen) atoms. The second-order valence-corrected chi connectivity index (χ2v) is 5.85. The summed E-state index contributed by atoms with van der Waals surface area (Å²) >= 11 is 0. The van der Waals surface area contributed by atoms with E-state index in [0.717, 1.165) is 5.56 Å². The molecular formula is C19H23N3O4. The number of hydrogen-bond donors (Lipinski definition) is 2. The van der Waals surface area contributed by atoms with E-state index in [1.165, 1.54) is 0 Å². The minimum absolute atomic E-state index is 0.00384. The number of carbonyl (C=O) groups excluding carboxylic acids is 2. The Morgan fingerprint density at radius 2 is 1.77 bits per heavy atom. The zero-order valence-corrected chi connectivity index (χ0v) is 14.8. The van der Waals surface area contributed by atoms with Crippen molar-refractivity contribution in [3.63, 3.8) is 0 Å². The van der Waals surface area contributed by atoms with Gasteiger partial charge in [-0.25, -0.2) is 4.79 Å². The van der Waals surface area contributed by atoms with Crippen molar-refractivity contribution in [1.82, 2.24) is 10.3 Å². The van der Waals surface area contributed by atoms with Crippen molar-refractivity contribution in [2.24, 2.45) is 5.73 Å². The smallest absolute Gasteiger partial charge is 0.328 e. The first-order chi connectivity index (χ1) is 12.5. The van der Waals surface area contributed by atoms with Crippen molar-refractivity contribution in [3.8, 4) is 5.75 Å². The molecule has 0 spiro atoms. The van der Waals surface area contributed by atoms with E-state index in [-0.39, 0.29) is 6.61 Å². The molecule has 1 amide bonds. The maximum atomic E-state index is 12.1. The average Bonchev–Trinajstić information content (AvgIpc) is 2.66. The van der Waals surface area contributed by atoms with E-state index >= 15 is 0 Å². The number of nitrogens with zero attached hydrogens (tertiary/aromatic N) is 1. The van der Waals surface area contributed by atoms with E-state index in [2.05, 4.69) is 10.3 Å². The van der Waals surface area contributed by atoms with Gasteiger partial charge in [0.25, 0.3) is 0 Å². The number of benzene rings is 1. The number of hydrogen-bond acceptors (Lipinski definition) is 6. The molecular weight excluding hydrogens is 334 g/mol. The molecule has 1 aromatic carbocycles. The van der Waals surface area contributed by atoms with Crippen LogP contribution in [-0.4, -0.2) is 35.6 Å². The highest BCUT2D eigenvalue weighted by Crippen LogP contribution is 2.21. The van der Waals surface area contributed by atoms with Crippen molar-refractivity contribution in [3.05, 3.63) is 60.4 Å². The number of para-hydroxylation sites is 1. The quantitative estimate of drug-likeness (QED) is 0.696. The molecule has 1 aromatic heterocycles. The number of amides is 1. The number of carbonyl (C=O) groups is 2. The van der Waals surface area contributed by atoms with Crippen LogP contribution in [0, 0.1) is 0 Å². The number of aromatic nitrogens is 1. The van der Waals surface area contributed by atoms with Crippen molar-refractivity contribution in [2.75, 3.05) is 6.61 Å². The lowest BCUT2D eigenvalue weighted by Gasteiger charge is -2.21. The third-order valence-electron chi connectivity index (χ3n) is 3.60. The van der Waals surface area contributed by atoms with E-state index in [0.29, 0.717) is 5.75 Å². The van der Waals surface area contributed by atoms with Gasteiger partial charge in [-0.05, 0) is 43.7 Å². The van der Waals surface area contributed by atoms with Crippen LogP contribution in [0.3, 0.4) is 0 Å². The van der Waals surface area contributed by atoms with Crippen LogP contribution in [0.1, 0.15) is 25.5 Å². The summed E-state index contributed by atoms with van der Waals surface area (Å²) in [5.41, 5.74) is 6.30. The molecule has 3 N–H and O–H groups in total. The van der Waals surface area contributed by atoms with Crippen LogP contribution in [0.25, 0.3) is 0 Å². The zero-order chi connectivity index (χ0) is 18.9. The second-order valence-electron chi connectivity index (χ2n) is 5.85. The standard InChI is InChI=1S/C19H23N3O4/c1-13(20)18(23)22-14(2)19(24)25-12-17(15-8-10-21-11-9-15)26-16-6-4-3-5-7-16/h3-11,13-14,17H,12,20H2,1-2H3,(H,22,23)/t13-,14-,17?/m0/s1. The first-order valence-electron chi connectivity index (χ1n) is 8.31. The highest BCUT2D eigenvalue weighted by Gasteiger charge is 2.22. The summed E-state index contributed by atoms with van der Waals surface area (Å²) in [5.74, 6) is -0.320. The normalized spacial score (nSPS) is 14.0. The Morgan fingerprint density at radius 3 is 2.38 bits per heavy atom. The molecule has 2 aromatic rings. The summed E-state index contributed by atoms with van der Waals surface area (Å²) in [4.78, 5) is 27.7. The third kappa shape index (κ3) is 5.86. The Labute approximate surface area is 152 Å². The van der Waals surface area contributed by atoms with Gasteiger partial charge in [-0.3, -0.25) is 9.78 Å². The fourth-order valence-corrected chi connectivity index (χ4v) is 2.13. The Morgan fingerprint density at radius 1 is 1.12 bits per heavy atom. The first kappa shape index (κ1) is 19.4. The third-order valence-corrected chi connectivity index (χ3v) is 3.60. The van der Waals surface area contributed by atoms with Crippen molar-refractivity contribution < 1.29 is 19.1 Å². The number of pyridine rings is 1. The van der Waals surface area contributed by atoms with Crippen LogP contribution in [0.5, 0.6) is 5.75 Å². The summed E-state index contributed by atoms with van der Waals surface area (Å²) in [5, 5.41) is 2.50. The van der Waals surface area contributed by atoms with Crippen LogP contribution >= 0.6 is 0 Å². The van der Waals surface area contributed by atoms with Gasteiger partial charge in [0.2, 0.25) is 5.91 Å². The van der Waals surface area contributed by atoms with E-state index in [1.807, 2.05) is 30.3 Å².